The standard InChI is InChI=1S/C22H39NO/c1-6-10-12-20(11-7-2)24-21-15-13-19(14-16-21)23-22(5,17-8-3)18-9-4/h13-16,20,23H,6-12,17-18H2,1-5H3. The largest absolute Gasteiger partial charge is 0.490 e. The van der Waals surface area contributed by atoms with Crippen LogP contribution in [0.25, 0.3) is 0 Å². The summed E-state index contributed by atoms with van der Waals surface area (Å²) in [7, 11) is 0. The molecule has 24 heavy (non-hydrogen) atoms. The molecule has 1 aromatic rings. The monoisotopic (exact) mass is 333 g/mol. The molecule has 0 saturated carbocycles. The van der Waals surface area contributed by atoms with Gasteiger partial charge in [-0.3, -0.25) is 0 Å². The quantitative estimate of drug-likeness (QED) is 0.412. The summed E-state index contributed by atoms with van der Waals surface area (Å²) >= 11 is 0. The van der Waals surface area contributed by atoms with Gasteiger partial charge >= 0.3 is 0 Å². The van der Waals surface area contributed by atoms with E-state index in [0.29, 0.717) is 6.10 Å². The van der Waals surface area contributed by atoms with E-state index in [1.807, 2.05) is 0 Å². The van der Waals surface area contributed by atoms with Gasteiger partial charge in [0, 0.05) is 11.2 Å². The molecule has 0 aliphatic rings. The van der Waals surface area contributed by atoms with Crippen molar-refractivity contribution >= 4 is 5.69 Å². The van der Waals surface area contributed by atoms with Crippen LogP contribution in [-0.2, 0) is 0 Å². The zero-order valence-corrected chi connectivity index (χ0v) is 16.7. The van der Waals surface area contributed by atoms with E-state index < -0.39 is 0 Å². The lowest BCUT2D eigenvalue weighted by molar-refractivity contribution is 0.176. The smallest absolute Gasteiger partial charge is 0.119 e. The summed E-state index contributed by atoms with van der Waals surface area (Å²) in [5, 5.41) is 3.74. The van der Waals surface area contributed by atoms with E-state index >= 15 is 0 Å². The number of hydrogen-bond acceptors (Lipinski definition) is 2. The van der Waals surface area contributed by atoms with Crippen LogP contribution in [0.15, 0.2) is 24.3 Å². The second-order valence-corrected chi connectivity index (χ2v) is 7.38. The molecule has 1 atom stereocenters. The number of hydrogen-bond donors (Lipinski definition) is 1. The number of unbranched alkanes of at least 4 members (excludes halogenated alkanes) is 1. The van der Waals surface area contributed by atoms with Gasteiger partial charge in [0.15, 0.2) is 0 Å². The number of anilines is 1. The minimum atomic E-state index is 0.192. The van der Waals surface area contributed by atoms with E-state index in [9.17, 15) is 0 Å². The molecule has 1 N–H and O–H groups in total. The molecule has 0 amide bonds. The minimum absolute atomic E-state index is 0.192. The Hall–Kier alpha value is -1.18. The highest BCUT2D eigenvalue weighted by Gasteiger charge is 2.21. The van der Waals surface area contributed by atoms with Crippen LogP contribution in [-0.4, -0.2) is 11.6 Å². The molecule has 138 valence electrons. The first kappa shape index (κ1) is 20.9. The first-order valence-electron chi connectivity index (χ1n) is 10.1. The van der Waals surface area contributed by atoms with E-state index in [2.05, 4.69) is 64.2 Å². The average molecular weight is 334 g/mol. The average Bonchev–Trinajstić information content (AvgIpc) is 2.55. The van der Waals surface area contributed by atoms with E-state index in [-0.39, 0.29) is 5.54 Å². The second kappa shape index (κ2) is 11.4. The van der Waals surface area contributed by atoms with Crippen molar-refractivity contribution < 1.29 is 4.74 Å². The minimum Gasteiger partial charge on any atom is -0.490 e. The van der Waals surface area contributed by atoms with Gasteiger partial charge in [-0.1, -0.05) is 59.8 Å². The van der Waals surface area contributed by atoms with Crippen LogP contribution in [0.1, 0.15) is 92.4 Å². The molecular weight excluding hydrogens is 294 g/mol. The number of benzene rings is 1. The molecule has 0 spiro atoms. The Balaban J connectivity index is 2.66. The Morgan fingerprint density at radius 1 is 0.875 bits per heavy atom. The van der Waals surface area contributed by atoms with Gasteiger partial charge in [-0.15, -0.1) is 0 Å². The maximum Gasteiger partial charge on any atom is 0.119 e. The lowest BCUT2D eigenvalue weighted by Gasteiger charge is -2.32. The van der Waals surface area contributed by atoms with Gasteiger partial charge in [0.1, 0.15) is 5.75 Å². The topological polar surface area (TPSA) is 21.3 Å². The fraction of sp³-hybridized carbons (Fsp3) is 0.727. The molecule has 2 nitrogen and oxygen atoms in total. The molecule has 0 bridgehead atoms. The molecule has 0 saturated heterocycles. The molecule has 0 radical (unpaired) electrons. The zero-order chi connectivity index (χ0) is 17.8. The fourth-order valence-corrected chi connectivity index (χ4v) is 3.53. The predicted octanol–water partition coefficient (Wildman–Crippen LogP) is 7.20. The van der Waals surface area contributed by atoms with Gasteiger partial charge in [0.25, 0.3) is 0 Å². The van der Waals surface area contributed by atoms with E-state index in [4.69, 9.17) is 4.74 Å². The number of ether oxygens (including phenoxy) is 1. The third kappa shape index (κ3) is 7.59. The lowest BCUT2D eigenvalue weighted by atomic mass is 9.90. The van der Waals surface area contributed by atoms with Gasteiger partial charge < -0.3 is 10.1 Å². The maximum absolute atomic E-state index is 6.21. The Morgan fingerprint density at radius 3 is 2.00 bits per heavy atom. The summed E-state index contributed by atoms with van der Waals surface area (Å²) in [5.41, 5.74) is 1.39. The molecule has 0 aliphatic carbocycles. The second-order valence-electron chi connectivity index (χ2n) is 7.38. The van der Waals surface area contributed by atoms with Crippen LogP contribution in [0.3, 0.4) is 0 Å². The predicted molar refractivity (Wildman–Crippen MR) is 107 cm³/mol. The highest BCUT2D eigenvalue weighted by Crippen LogP contribution is 2.27. The third-order valence-corrected chi connectivity index (χ3v) is 4.70. The van der Waals surface area contributed by atoms with Gasteiger partial charge in [-0.2, -0.15) is 0 Å². The molecule has 1 aromatic carbocycles. The van der Waals surface area contributed by atoms with Crippen molar-refractivity contribution in [2.24, 2.45) is 0 Å². The summed E-state index contributed by atoms with van der Waals surface area (Å²) in [4.78, 5) is 0. The number of rotatable bonds is 13. The summed E-state index contributed by atoms with van der Waals surface area (Å²) in [6.07, 6.45) is 11.2. The SMILES string of the molecule is CCCCC(CCC)Oc1ccc(NC(C)(CCC)CCC)cc1. The van der Waals surface area contributed by atoms with Crippen molar-refractivity contribution in [3.63, 3.8) is 0 Å². The van der Waals surface area contributed by atoms with E-state index in [1.165, 1.54) is 50.6 Å². The molecule has 1 unspecified atom stereocenters. The summed E-state index contributed by atoms with van der Waals surface area (Å²) in [5.74, 6) is 1.00. The van der Waals surface area contributed by atoms with Crippen LogP contribution < -0.4 is 10.1 Å². The zero-order valence-electron chi connectivity index (χ0n) is 16.7. The number of nitrogens with one attached hydrogen (secondary N) is 1. The van der Waals surface area contributed by atoms with Crippen molar-refractivity contribution in [1.82, 2.24) is 0 Å². The first-order valence-corrected chi connectivity index (χ1v) is 10.1. The molecule has 0 aromatic heterocycles. The highest BCUT2D eigenvalue weighted by molar-refractivity contribution is 5.48. The van der Waals surface area contributed by atoms with E-state index in [0.717, 1.165) is 18.6 Å². The van der Waals surface area contributed by atoms with Crippen molar-refractivity contribution in [1.29, 1.82) is 0 Å². The Bertz CT molecular complexity index is 420. The molecular formula is C22H39NO. The van der Waals surface area contributed by atoms with Crippen LogP contribution >= 0.6 is 0 Å². The van der Waals surface area contributed by atoms with E-state index in [1.54, 1.807) is 0 Å². The van der Waals surface area contributed by atoms with Crippen molar-refractivity contribution in [2.45, 2.75) is 104 Å². The van der Waals surface area contributed by atoms with Gasteiger partial charge in [-0.25, -0.2) is 0 Å². The Labute approximate surface area is 150 Å². The van der Waals surface area contributed by atoms with Crippen LogP contribution in [0.5, 0.6) is 5.75 Å². The molecule has 0 fully saturated rings. The maximum atomic E-state index is 6.21. The fourth-order valence-electron chi connectivity index (χ4n) is 3.53. The first-order chi connectivity index (χ1) is 11.6. The molecule has 1 rings (SSSR count). The van der Waals surface area contributed by atoms with Crippen LogP contribution in [0.4, 0.5) is 5.69 Å². The van der Waals surface area contributed by atoms with Crippen LogP contribution in [0, 0.1) is 0 Å². The van der Waals surface area contributed by atoms with Gasteiger partial charge in [0.05, 0.1) is 6.10 Å². The van der Waals surface area contributed by atoms with Crippen molar-refractivity contribution in [2.75, 3.05) is 5.32 Å². The van der Waals surface area contributed by atoms with Gasteiger partial charge in [-0.05, 0) is 56.9 Å². The Morgan fingerprint density at radius 2 is 1.50 bits per heavy atom. The van der Waals surface area contributed by atoms with Crippen molar-refractivity contribution in [3.05, 3.63) is 24.3 Å². The van der Waals surface area contributed by atoms with Crippen LogP contribution in [0.2, 0.25) is 0 Å². The lowest BCUT2D eigenvalue weighted by Crippen LogP contribution is -2.34. The molecule has 0 heterocycles. The Kier molecular flexibility index (Phi) is 9.90. The normalized spacial score (nSPS) is 12.9. The molecule has 0 aliphatic heterocycles. The summed E-state index contributed by atoms with van der Waals surface area (Å²) in [6, 6.07) is 8.58. The highest BCUT2D eigenvalue weighted by atomic mass is 16.5. The summed E-state index contributed by atoms with van der Waals surface area (Å²) in [6.45, 7) is 11.3. The van der Waals surface area contributed by atoms with Crippen molar-refractivity contribution in [3.8, 4) is 5.75 Å². The summed E-state index contributed by atoms with van der Waals surface area (Å²) < 4.78 is 6.21. The molecule has 2 heteroatoms. The third-order valence-electron chi connectivity index (χ3n) is 4.70. The van der Waals surface area contributed by atoms with Gasteiger partial charge in [0.2, 0.25) is 0 Å².